The zero-order chi connectivity index (χ0) is 14.1. The van der Waals surface area contributed by atoms with Crippen molar-refractivity contribution in [2.24, 2.45) is 0 Å². The van der Waals surface area contributed by atoms with Crippen LogP contribution in [0.25, 0.3) is 22.2 Å². The number of pyridine rings is 1. The highest BCUT2D eigenvalue weighted by Gasteiger charge is 2.10. The Kier molecular flexibility index (Phi) is 3.66. The first-order chi connectivity index (χ1) is 9.70. The fourth-order valence-electron chi connectivity index (χ4n) is 2.14. The van der Waals surface area contributed by atoms with Crippen LogP contribution in [-0.2, 0) is 0 Å². The molecule has 0 aliphatic carbocycles. The van der Waals surface area contributed by atoms with E-state index in [4.69, 9.17) is 5.11 Å². The van der Waals surface area contributed by atoms with Crippen molar-refractivity contribution in [1.29, 1.82) is 0 Å². The standard InChI is InChI=1S/C14H9IN2O2S/c15-20-17-7-5-12-11(4-6-16-13(12)17)9-2-1-3-10(8-9)14(18)19/h1-8H,(H,18,19). The fraction of sp³-hybridized carbons (Fsp3) is 0. The minimum absolute atomic E-state index is 0.287. The van der Waals surface area contributed by atoms with E-state index in [2.05, 4.69) is 26.2 Å². The summed E-state index contributed by atoms with van der Waals surface area (Å²) in [6, 6.07) is 10.9. The molecule has 0 amide bonds. The Labute approximate surface area is 131 Å². The van der Waals surface area contributed by atoms with Gasteiger partial charge in [-0.2, -0.15) is 0 Å². The van der Waals surface area contributed by atoms with Crippen LogP contribution in [0.3, 0.4) is 0 Å². The zero-order valence-electron chi connectivity index (χ0n) is 10.2. The number of aromatic nitrogens is 2. The average Bonchev–Trinajstić information content (AvgIpc) is 2.90. The van der Waals surface area contributed by atoms with Gasteiger partial charge < -0.3 is 5.11 Å². The number of hydrogen-bond acceptors (Lipinski definition) is 3. The first kappa shape index (κ1) is 13.4. The SMILES string of the molecule is O=C(O)c1cccc(-c2ccnc3c2ccn3SI)c1. The number of carboxylic acids is 1. The van der Waals surface area contributed by atoms with Gasteiger partial charge in [0.2, 0.25) is 0 Å². The summed E-state index contributed by atoms with van der Waals surface area (Å²) in [6.07, 6.45) is 3.70. The zero-order valence-corrected chi connectivity index (χ0v) is 13.1. The molecule has 0 fully saturated rings. The number of halogens is 1. The first-order valence-corrected chi connectivity index (χ1v) is 9.11. The molecule has 1 aromatic carbocycles. The Bertz CT molecular complexity index is 801. The molecule has 0 unspecified atom stereocenters. The number of benzene rings is 1. The predicted molar refractivity (Wildman–Crippen MR) is 89.1 cm³/mol. The van der Waals surface area contributed by atoms with Crippen LogP contribution in [0.1, 0.15) is 10.4 Å². The largest absolute Gasteiger partial charge is 0.478 e. The molecule has 3 rings (SSSR count). The molecule has 0 aliphatic rings. The van der Waals surface area contributed by atoms with E-state index in [-0.39, 0.29) is 5.56 Å². The van der Waals surface area contributed by atoms with Gasteiger partial charge in [0.1, 0.15) is 0 Å². The van der Waals surface area contributed by atoms with Crippen LogP contribution < -0.4 is 0 Å². The maximum absolute atomic E-state index is 11.1. The maximum Gasteiger partial charge on any atom is 0.335 e. The van der Waals surface area contributed by atoms with Crippen LogP contribution in [-0.4, -0.2) is 20.0 Å². The Morgan fingerprint density at radius 1 is 1.30 bits per heavy atom. The highest BCUT2D eigenvalue weighted by Crippen LogP contribution is 2.31. The second-order valence-corrected chi connectivity index (χ2v) is 5.91. The second-order valence-electron chi connectivity index (χ2n) is 4.19. The summed E-state index contributed by atoms with van der Waals surface area (Å²) in [5.41, 5.74) is 3.04. The van der Waals surface area contributed by atoms with Gasteiger partial charge in [0.05, 0.1) is 5.56 Å². The number of rotatable bonds is 3. The maximum atomic E-state index is 11.1. The third-order valence-corrected chi connectivity index (χ3v) is 4.77. The Hall–Kier alpha value is -1.54. The summed E-state index contributed by atoms with van der Waals surface area (Å²) >= 11 is 2.20. The average molecular weight is 396 g/mol. The van der Waals surface area contributed by atoms with Gasteiger partial charge in [0, 0.05) is 48.1 Å². The van der Waals surface area contributed by atoms with E-state index in [1.165, 1.54) is 0 Å². The summed E-state index contributed by atoms with van der Waals surface area (Å²) in [6.45, 7) is 0. The summed E-state index contributed by atoms with van der Waals surface area (Å²) in [5.74, 6) is -0.919. The highest BCUT2D eigenvalue weighted by atomic mass is 127. The van der Waals surface area contributed by atoms with Gasteiger partial charge in [-0.15, -0.1) is 0 Å². The molecule has 3 aromatic rings. The molecule has 4 nitrogen and oxygen atoms in total. The molecular formula is C14H9IN2O2S. The third-order valence-electron chi connectivity index (χ3n) is 3.05. The van der Waals surface area contributed by atoms with Crippen molar-refractivity contribution < 1.29 is 9.90 Å². The van der Waals surface area contributed by atoms with Crippen molar-refractivity contribution in [3.63, 3.8) is 0 Å². The van der Waals surface area contributed by atoms with Gasteiger partial charge in [0.25, 0.3) is 0 Å². The van der Waals surface area contributed by atoms with E-state index < -0.39 is 5.97 Å². The molecule has 0 saturated heterocycles. The van der Waals surface area contributed by atoms with Gasteiger partial charge >= 0.3 is 5.97 Å². The molecule has 0 bridgehead atoms. The molecule has 0 saturated carbocycles. The predicted octanol–water partition coefficient (Wildman–Crippen LogP) is 4.25. The molecule has 0 radical (unpaired) electrons. The van der Waals surface area contributed by atoms with E-state index in [1.807, 2.05) is 28.4 Å². The number of aromatic carboxylic acids is 1. The van der Waals surface area contributed by atoms with Crippen molar-refractivity contribution in [3.05, 3.63) is 54.4 Å². The molecule has 2 aromatic heterocycles. The van der Waals surface area contributed by atoms with Crippen molar-refractivity contribution >= 4 is 47.3 Å². The van der Waals surface area contributed by atoms with E-state index in [1.54, 1.807) is 33.5 Å². The quantitative estimate of drug-likeness (QED) is 0.673. The number of fused-ring (bicyclic) bond motifs is 1. The van der Waals surface area contributed by atoms with Crippen molar-refractivity contribution in [3.8, 4) is 11.1 Å². The van der Waals surface area contributed by atoms with Gasteiger partial charge in [-0.3, -0.25) is 3.97 Å². The molecule has 0 aliphatic heterocycles. The van der Waals surface area contributed by atoms with E-state index >= 15 is 0 Å². The lowest BCUT2D eigenvalue weighted by Gasteiger charge is -2.05. The topological polar surface area (TPSA) is 55.1 Å². The lowest BCUT2D eigenvalue weighted by molar-refractivity contribution is 0.0697. The van der Waals surface area contributed by atoms with Crippen LogP contribution >= 0.6 is 30.3 Å². The minimum atomic E-state index is -0.919. The van der Waals surface area contributed by atoms with Crippen LogP contribution in [0.15, 0.2) is 48.8 Å². The highest BCUT2D eigenvalue weighted by molar-refractivity contribution is 14.2. The molecular weight excluding hydrogens is 387 g/mol. The van der Waals surface area contributed by atoms with Crippen molar-refractivity contribution in [2.75, 3.05) is 0 Å². The molecule has 0 spiro atoms. The van der Waals surface area contributed by atoms with Crippen LogP contribution in [0, 0.1) is 0 Å². The number of carbonyl (C=O) groups is 1. The molecule has 1 N–H and O–H groups in total. The monoisotopic (exact) mass is 396 g/mol. The Morgan fingerprint density at radius 2 is 2.15 bits per heavy atom. The number of carboxylic acid groups (broad SMARTS) is 1. The third kappa shape index (κ3) is 2.29. The smallest absolute Gasteiger partial charge is 0.335 e. The fourth-order valence-corrected chi connectivity index (χ4v) is 3.41. The summed E-state index contributed by atoms with van der Waals surface area (Å²) in [4.78, 5) is 15.5. The molecule has 0 atom stereocenters. The number of nitrogens with zero attached hydrogens (tertiary/aromatic N) is 2. The normalized spacial score (nSPS) is 10.8. The van der Waals surface area contributed by atoms with Crippen LogP contribution in [0.5, 0.6) is 0 Å². The van der Waals surface area contributed by atoms with Crippen molar-refractivity contribution in [1.82, 2.24) is 8.96 Å². The van der Waals surface area contributed by atoms with Gasteiger partial charge in [-0.05, 0) is 35.4 Å². The van der Waals surface area contributed by atoms with E-state index in [0.717, 1.165) is 22.2 Å². The van der Waals surface area contributed by atoms with E-state index in [9.17, 15) is 4.79 Å². The first-order valence-electron chi connectivity index (χ1n) is 5.79. The van der Waals surface area contributed by atoms with Crippen molar-refractivity contribution in [2.45, 2.75) is 0 Å². The Morgan fingerprint density at radius 3 is 2.90 bits per heavy atom. The van der Waals surface area contributed by atoms with Crippen LogP contribution in [0.2, 0.25) is 0 Å². The second kappa shape index (κ2) is 5.45. The lowest BCUT2D eigenvalue weighted by atomic mass is 10.0. The summed E-state index contributed by atoms with van der Waals surface area (Å²) in [7, 11) is 1.55. The van der Waals surface area contributed by atoms with E-state index in [0.29, 0.717) is 0 Å². The Balaban J connectivity index is 2.22. The summed E-state index contributed by atoms with van der Waals surface area (Å²) in [5, 5.41) is 10.1. The van der Waals surface area contributed by atoms with Gasteiger partial charge in [-0.1, -0.05) is 12.1 Å². The summed E-state index contributed by atoms with van der Waals surface area (Å²) < 4.78 is 1.97. The molecule has 6 heteroatoms. The van der Waals surface area contributed by atoms with Gasteiger partial charge in [-0.25, -0.2) is 9.78 Å². The van der Waals surface area contributed by atoms with Gasteiger partial charge in [0.15, 0.2) is 5.65 Å². The van der Waals surface area contributed by atoms with Crippen LogP contribution in [0.4, 0.5) is 0 Å². The number of hydrogen-bond donors (Lipinski definition) is 1. The lowest BCUT2D eigenvalue weighted by Crippen LogP contribution is -1.96. The molecule has 2 heterocycles. The molecule has 100 valence electrons. The minimum Gasteiger partial charge on any atom is -0.478 e. The molecule has 20 heavy (non-hydrogen) atoms.